The number of hydrogen-bond donors (Lipinski definition) is 1. The minimum absolute atomic E-state index is 0.0655. The molecule has 2 atom stereocenters. The van der Waals surface area contributed by atoms with Crippen LogP contribution in [0.5, 0.6) is 0 Å². The number of rotatable bonds is 7. The van der Waals surface area contributed by atoms with Crippen molar-refractivity contribution in [2.24, 2.45) is 5.41 Å². The Bertz CT molecular complexity index is 1590. The zero-order chi connectivity index (χ0) is 32.6. The third kappa shape index (κ3) is 7.39. The topological polar surface area (TPSA) is 96.1 Å². The van der Waals surface area contributed by atoms with Crippen LogP contribution in [0.4, 0.5) is 20.4 Å². The Balaban J connectivity index is 1.67. The number of ether oxygens (including phenoxy) is 1. The predicted molar refractivity (Wildman–Crippen MR) is 167 cm³/mol. The minimum Gasteiger partial charge on any atom is -0.460 e. The van der Waals surface area contributed by atoms with E-state index in [1.165, 1.54) is 12.1 Å². The van der Waals surface area contributed by atoms with Crippen molar-refractivity contribution in [3.63, 3.8) is 0 Å². The van der Waals surface area contributed by atoms with Crippen LogP contribution in [0, 0.1) is 35.3 Å². The summed E-state index contributed by atoms with van der Waals surface area (Å²) in [7, 11) is 0. The number of nitriles is 1. The first-order chi connectivity index (χ1) is 20.4. The molecule has 8 nitrogen and oxygen atoms in total. The number of hydrogen-bond acceptors (Lipinski definition) is 7. The van der Waals surface area contributed by atoms with Crippen LogP contribution >= 0.6 is 11.6 Å². The van der Waals surface area contributed by atoms with Gasteiger partial charge in [-0.25, -0.2) is 13.8 Å². The lowest BCUT2D eigenvalue weighted by molar-refractivity contribution is -0.172. The van der Waals surface area contributed by atoms with E-state index in [0.29, 0.717) is 43.0 Å². The lowest BCUT2D eigenvalue weighted by Gasteiger charge is -2.45. The molecule has 2 aromatic heterocycles. The van der Waals surface area contributed by atoms with Crippen molar-refractivity contribution in [2.75, 3.05) is 11.9 Å². The van der Waals surface area contributed by atoms with Gasteiger partial charge in [-0.1, -0.05) is 23.7 Å². The summed E-state index contributed by atoms with van der Waals surface area (Å²) in [6.45, 7) is 16.2. The van der Waals surface area contributed by atoms with Crippen LogP contribution < -0.4 is 5.32 Å². The molecular weight excluding hydrogens is 586 g/mol. The van der Waals surface area contributed by atoms with Gasteiger partial charge in [0.15, 0.2) is 17.5 Å². The molecule has 44 heavy (non-hydrogen) atoms. The van der Waals surface area contributed by atoms with E-state index in [9.17, 15) is 14.4 Å². The summed E-state index contributed by atoms with van der Waals surface area (Å²) in [5, 5.41) is 17.4. The van der Waals surface area contributed by atoms with Crippen molar-refractivity contribution in [3.05, 3.63) is 69.5 Å². The van der Waals surface area contributed by atoms with Crippen LogP contribution in [0.3, 0.4) is 0 Å². The zero-order valence-corrected chi connectivity index (χ0v) is 27.4. The van der Waals surface area contributed by atoms with Gasteiger partial charge < -0.3 is 10.1 Å². The van der Waals surface area contributed by atoms with E-state index in [1.54, 1.807) is 18.2 Å². The second-order valence-electron chi connectivity index (χ2n) is 13.8. The van der Waals surface area contributed by atoms with Crippen molar-refractivity contribution in [2.45, 2.75) is 98.4 Å². The number of aryl methyl sites for hydroxylation is 1. The van der Waals surface area contributed by atoms with Crippen LogP contribution in [-0.4, -0.2) is 43.8 Å². The van der Waals surface area contributed by atoms with E-state index in [1.807, 2.05) is 66.1 Å². The monoisotopic (exact) mass is 626 g/mol. The minimum atomic E-state index is -1.00. The first-order valence-corrected chi connectivity index (χ1v) is 15.1. The Morgan fingerprint density at radius 3 is 2.50 bits per heavy atom. The number of piperidine rings is 1. The number of aromatic nitrogens is 3. The lowest BCUT2D eigenvalue weighted by Crippen LogP contribution is -2.51. The number of benzene rings is 1. The van der Waals surface area contributed by atoms with Crippen molar-refractivity contribution < 1.29 is 18.3 Å². The van der Waals surface area contributed by atoms with E-state index >= 15 is 4.39 Å². The average Bonchev–Trinajstić information content (AvgIpc) is 3.29. The molecule has 0 spiro atoms. The van der Waals surface area contributed by atoms with Crippen LogP contribution in [0.2, 0.25) is 5.02 Å². The second-order valence-corrected chi connectivity index (χ2v) is 14.2. The van der Waals surface area contributed by atoms with Gasteiger partial charge in [0.05, 0.1) is 21.5 Å². The number of pyridine rings is 1. The summed E-state index contributed by atoms with van der Waals surface area (Å²) in [4.78, 5) is 20.5. The maximum atomic E-state index is 15.4. The van der Waals surface area contributed by atoms with Gasteiger partial charge in [-0.05, 0) is 86.9 Å². The van der Waals surface area contributed by atoms with E-state index in [4.69, 9.17) is 16.3 Å². The molecule has 1 saturated heterocycles. The number of nitrogens with one attached hydrogen (secondary N) is 1. The number of nitrogens with zero attached hydrogens (tertiary/aromatic N) is 5. The highest BCUT2D eigenvalue weighted by atomic mass is 35.5. The largest absolute Gasteiger partial charge is 0.460 e. The third-order valence-electron chi connectivity index (χ3n) is 7.84. The molecule has 1 aliphatic heterocycles. The molecule has 0 saturated carbocycles. The Morgan fingerprint density at radius 2 is 1.91 bits per heavy atom. The molecule has 3 heterocycles. The van der Waals surface area contributed by atoms with Crippen LogP contribution in [0.25, 0.3) is 0 Å². The summed E-state index contributed by atoms with van der Waals surface area (Å²) in [5.41, 5.74) is -0.490. The molecule has 11 heteroatoms. The Labute approximate surface area is 263 Å². The maximum absolute atomic E-state index is 15.4. The van der Waals surface area contributed by atoms with E-state index in [2.05, 4.69) is 20.3 Å². The zero-order valence-electron chi connectivity index (χ0n) is 26.7. The molecule has 3 aromatic rings. The van der Waals surface area contributed by atoms with E-state index in [0.717, 1.165) is 5.69 Å². The second kappa shape index (κ2) is 12.4. The van der Waals surface area contributed by atoms with E-state index in [-0.39, 0.29) is 40.4 Å². The standard InChI is InChI=1S/C33H41ClF2N6O2/c1-20-14-26(40-42(20)31(3,4)5)39-29-28(36)23(18-37)15-24(38-29)17-33(30(43)44-32(6,7)8)12-13-41(21(2)16-33)19-22-10-9-11-25(34)27(22)35/h9-11,14-15,21H,12-13,16-17,19H2,1-8H3,(H,38,39,40). The number of carbonyl (C=O) groups is 1. The molecule has 0 aliphatic carbocycles. The fraction of sp³-hybridized carbons (Fsp3) is 0.515. The van der Waals surface area contributed by atoms with Crippen molar-refractivity contribution in [3.8, 4) is 6.07 Å². The number of esters is 1. The Hall–Kier alpha value is -3.55. The average molecular weight is 627 g/mol. The number of carbonyl (C=O) groups excluding carboxylic acids is 1. The fourth-order valence-electron chi connectivity index (χ4n) is 5.82. The van der Waals surface area contributed by atoms with E-state index < -0.39 is 22.7 Å². The van der Waals surface area contributed by atoms with Crippen LogP contribution in [-0.2, 0) is 28.0 Å². The highest BCUT2D eigenvalue weighted by Gasteiger charge is 2.47. The Kier molecular flexibility index (Phi) is 9.43. The van der Waals surface area contributed by atoms with Gasteiger partial charge in [0, 0.05) is 42.0 Å². The molecule has 2 unspecified atom stereocenters. The summed E-state index contributed by atoms with van der Waals surface area (Å²) in [6, 6.07) is 9.90. The molecular formula is C33H41ClF2N6O2. The number of likely N-dealkylation sites (tertiary alicyclic amines) is 1. The first kappa shape index (κ1) is 33.3. The molecule has 1 aromatic carbocycles. The summed E-state index contributed by atoms with van der Waals surface area (Å²) >= 11 is 6.01. The van der Waals surface area contributed by atoms with Crippen molar-refractivity contribution in [1.29, 1.82) is 5.26 Å². The molecule has 0 amide bonds. The summed E-state index contributed by atoms with van der Waals surface area (Å²) in [5.74, 6) is -1.38. The predicted octanol–water partition coefficient (Wildman–Crippen LogP) is 7.44. The third-order valence-corrected chi connectivity index (χ3v) is 8.14. The van der Waals surface area contributed by atoms with Gasteiger partial charge in [-0.2, -0.15) is 10.4 Å². The normalized spacial score (nSPS) is 19.5. The van der Waals surface area contributed by atoms with Crippen LogP contribution in [0.15, 0.2) is 30.3 Å². The first-order valence-electron chi connectivity index (χ1n) is 14.8. The maximum Gasteiger partial charge on any atom is 0.313 e. The SMILES string of the molecule is Cc1cc(Nc2nc(CC3(C(=O)OC(C)(C)C)CCN(Cc4cccc(Cl)c4F)C(C)C3)cc(C#N)c2F)nn1C(C)(C)C. The van der Waals surface area contributed by atoms with Gasteiger partial charge in [-0.15, -0.1) is 0 Å². The fourth-order valence-corrected chi connectivity index (χ4v) is 6.02. The Morgan fingerprint density at radius 1 is 1.20 bits per heavy atom. The molecule has 1 aliphatic rings. The molecule has 0 radical (unpaired) electrons. The molecule has 1 fully saturated rings. The molecule has 236 valence electrons. The van der Waals surface area contributed by atoms with Gasteiger partial charge in [0.2, 0.25) is 0 Å². The van der Waals surface area contributed by atoms with Gasteiger partial charge >= 0.3 is 5.97 Å². The van der Waals surface area contributed by atoms with Gasteiger partial charge in [-0.3, -0.25) is 14.4 Å². The van der Waals surface area contributed by atoms with Crippen molar-refractivity contribution in [1.82, 2.24) is 19.7 Å². The highest BCUT2D eigenvalue weighted by molar-refractivity contribution is 6.30. The smallest absolute Gasteiger partial charge is 0.313 e. The number of halogens is 3. The highest BCUT2D eigenvalue weighted by Crippen LogP contribution is 2.41. The summed E-state index contributed by atoms with van der Waals surface area (Å²) in [6.07, 6.45) is 0.918. The van der Waals surface area contributed by atoms with Gasteiger partial charge in [0.1, 0.15) is 17.5 Å². The lowest BCUT2D eigenvalue weighted by atomic mass is 9.72. The van der Waals surface area contributed by atoms with Crippen LogP contribution in [0.1, 0.15) is 83.8 Å². The van der Waals surface area contributed by atoms with Crippen molar-refractivity contribution >= 4 is 29.2 Å². The number of anilines is 2. The molecule has 4 rings (SSSR count). The van der Waals surface area contributed by atoms with Gasteiger partial charge in [0.25, 0.3) is 0 Å². The molecule has 0 bridgehead atoms. The quantitative estimate of drug-likeness (QED) is 0.272. The molecule has 1 N–H and O–H groups in total. The summed E-state index contributed by atoms with van der Waals surface area (Å²) < 4.78 is 37.8.